The Morgan fingerprint density at radius 3 is 2.70 bits per heavy atom. The van der Waals surface area contributed by atoms with E-state index >= 15 is 0 Å². The van der Waals surface area contributed by atoms with Crippen LogP contribution in [-0.4, -0.2) is 38.4 Å². The average molecular weight is 450 g/mol. The van der Waals surface area contributed by atoms with E-state index in [1.165, 1.54) is 25.0 Å². The number of piperidine rings is 1. The Balaban J connectivity index is 1.59. The Morgan fingerprint density at radius 1 is 1.21 bits per heavy atom. The average Bonchev–Trinajstić information content (AvgIpc) is 3.15. The van der Waals surface area contributed by atoms with Crippen molar-refractivity contribution in [3.8, 4) is 0 Å². The number of hydrogen-bond donors (Lipinski definition) is 1. The second kappa shape index (κ2) is 10.1. The van der Waals surface area contributed by atoms with Crippen LogP contribution < -0.4 is 5.32 Å². The molecule has 1 fully saturated rings. The second-order valence-corrected chi connectivity index (χ2v) is 8.92. The first kappa shape index (κ1) is 22.9. The smallest absolute Gasteiger partial charge is 0.282 e. The summed E-state index contributed by atoms with van der Waals surface area (Å²) in [4.78, 5) is 30.9. The van der Waals surface area contributed by atoms with E-state index in [4.69, 9.17) is 4.98 Å². The molecule has 1 saturated heterocycles. The molecule has 1 aliphatic rings. The molecule has 174 valence electrons. The molecule has 0 bridgehead atoms. The highest BCUT2D eigenvalue weighted by molar-refractivity contribution is 6.07. The maximum absolute atomic E-state index is 12.7. The summed E-state index contributed by atoms with van der Waals surface area (Å²) >= 11 is 0. The van der Waals surface area contributed by atoms with Crippen molar-refractivity contribution in [2.75, 3.05) is 18.4 Å². The molecular weight excluding hydrogens is 418 g/mol. The van der Waals surface area contributed by atoms with Gasteiger partial charge in [-0.3, -0.25) is 19.8 Å². The number of para-hydroxylation sites is 1. The summed E-state index contributed by atoms with van der Waals surface area (Å²) < 4.78 is 2.30. The van der Waals surface area contributed by atoms with Crippen LogP contribution in [0.1, 0.15) is 55.7 Å². The molecule has 0 spiro atoms. The van der Waals surface area contributed by atoms with Gasteiger partial charge in [-0.15, -0.1) is 0 Å². The van der Waals surface area contributed by atoms with Crippen molar-refractivity contribution < 1.29 is 9.72 Å². The molecule has 1 aromatic heterocycles. The zero-order valence-corrected chi connectivity index (χ0v) is 19.3. The van der Waals surface area contributed by atoms with Gasteiger partial charge in [-0.2, -0.15) is 0 Å². The molecule has 0 aliphatic carbocycles. The van der Waals surface area contributed by atoms with Crippen LogP contribution in [-0.2, 0) is 13.1 Å². The lowest BCUT2D eigenvalue weighted by Gasteiger charge is -2.30. The Bertz CT molecular complexity index is 1150. The lowest BCUT2D eigenvalue weighted by Crippen LogP contribution is -2.33. The van der Waals surface area contributed by atoms with Crippen LogP contribution in [0.5, 0.6) is 0 Å². The molecule has 33 heavy (non-hydrogen) atoms. The van der Waals surface area contributed by atoms with Crippen molar-refractivity contribution >= 4 is 28.3 Å². The van der Waals surface area contributed by atoms with Gasteiger partial charge in [-0.05, 0) is 62.5 Å². The summed E-state index contributed by atoms with van der Waals surface area (Å²) in [5, 5.41) is 14.1. The molecule has 3 aromatic rings. The van der Waals surface area contributed by atoms with Gasteiger partial charge < -0.3 is 9.88 Å². The first-order chi connectivity index (χ1) is 16.0. The Kier molecular flexibility index (Phi) is 7.03. The lowest BCUT2D eigenvalue weighted by molar-refractivity contribution is -0.385. The van der Waals surface area contributed by atoms with Crippen LogP contribution in [0.3, 0.4) is 0 Å². The van der Waals surface area contributed by atoms with Gasteiger partial charge in [0.05, 0.1) is 22.5 Å². The number of likely N-dealkylation sites (tertiary alicyclic amines) is 1. The van der Waals surface area contributed by atoms with E-state index in [-0.39, 0.29) is 11.3 Å². The van der Waals surface area contributed by atoms with Crippen molar-refractivity contribution in [1.82, 2.24) is 14.5 Å². The van der Waals surface area contributed by atoms with Crippen LogP contribution >= 0.6 is 0 Å². The molecule has 8 heteroatoms. The predicted octanol–water partition coefficient (Wildman–Crippen LogP) is 5.23. The summed E-state index contributed by atoms with van der Waals surface area (Å²) in [6, 6.07) is 11.6. The topological polar surface area (TPSA) is 93.3 Å². The normalized spacial score (nSPS) is 15.1. The van der Waals surface area contributed by atoms with E-state index in [0.717, 1.165) is 61.8 Å². The molecule has 1 aliphatic heterocycles. The SMILES string of the molecule is CCCCn1c(CN2CCC(C)CC2)nc2cc(NC(=O)c3ccccc3[N+](=O)[O-])ccc21. The summed E-state index contributed by atoms with van der Waals surface area (Å²) in [6.07, 6.45) is 4.62. The molecule has 1 amide bonds. The number of nitrogens with zero attached hydrogens (tertiary/aromatic N) is 4. The molecule has 4 rings (SSSR count). The minimum atomic E-state index is -0.541. The number of imidazole rings is 1. The number of carbonyl (C=O) groups excluding carboxylic acids is 1. The number of amides is 1. The van der Waals surface area contributed by atoms with Gasteiger partial charge in [0.1, 0.15) is 11.4 Å². The minimum Gasteiger partial charge on any atom is -0.327 e. The molecule has 0 radical (unpaired) electrons. The maximum Gasteiger partial charge on any atom is 0.282 e. The van der Waals surface area contributed by atoms with Crippen LogP contribution in [0.25, 0.3) is 11.0 Å². The summed E-state index contributed by atoms with van der Waals surface area (Å²) in [6.45, 7) is 8.41. The number of fused-ring (bicyclic) bond motifs is 1. The van der Waals surface area contributed by atoms with E-state index in [9.17, 15) is 14.9 Å². The first-order valence-corrected chi connectivity index (χ1v) is 11.7. The highest BCUT2D eigenvalue weighted by atomic mass is 16.6. The number of benzene rings is 2. The molecule has 2 heterocycles. The third-order valence-corrected chi connectivity index (χ3v) is 6.41. The van der Waals surface area contributed by atoms with Crippen LogP contribution in [0, 0.1) is 16.0 Å². The van der Waals surface area contributed by atoms with Crippen molar-refractivity contribution in [2.45, 2.75) is 52.6 Å². The third-order valence-electron chi connectivity index (χ3n) is 6.41. The number of aryl methyl sites for hydroxylation is 1. The number of nitro groups is 1. The van der Waals surface area contributed by atoms with E-state index < -0.39 is 10.8 Å². The summed E-state index contributed by atoms with van der Waals surface area (Å²) in [7, 11) is 0. The maximum atomic E-state index is 12.7. The monoisotopic (exact) mass is 449 g/mol. The number of unbranched alkanes of at least 4 members (excludes halogenated alkanes) is 1. The standard InChI is InChI=1S/C25H31N5O3/c1-3-4-13-29-23-10-9-19(26-25(31)20-7-5-6-8-22(20)30(32)33)16-21(23)27-24(29)17-28-14-11-18(2)12-15-28/h5-10,16,18H,3-4,11-15,17H2,1-2H3,(H,26,31). The van der Waals surface area contributed by atoms with Crippen molar-refractivity contribution in [2.24, 2.45) is 5.92 Å². The number of nitrogens with one attached hydrogen (secondary N) is 1. The van der Waals surface area contributed by atoms with Crippen LogP contribution in [0.4, 0.5) is 11.4 Å². The van der Waals surface area contributed by atoms with Gasteiger partial charge in [0, 0.05) is 18.3 Å². The fraction of sp³-hybridized carbons (Fsp3) is 0.440. The number of rotatable bonds is 8. The zero-order chi connectivity index (χ0) is 23.4. The Morgan fingerprint density at radius 2 is 1.97 bits per heavy atom. The molecular formula is C25H31N5O3. The third kappa shape index (κ3) is 5.22. The van der Waals surface area contributed by atoms with Gasteiger partial charge in [0.25, 0.3) is 11.6 Å². The van der Waals surface area contributed by atoms with E-state index in [1.54, 1.807) is 12.1 Å². The molecule has 8 nitrogen and oxygen atoms in total. The number of hydrogen-bond acceptors (Lipinski definition) is 5. The fourth-order valence-electron chi connectivity index (χ4n) is 4.39. The Labute approximate surface area is 193 Å². The lowest BCUT2D eigenvalue weighted by atomic mass is 9.99. The quantitative estimate of drug-likeness (QED) is 0.375. The molecule has 1 N–H and O–H groups in total. The van der Waals surface area contributed by atoms with Gasteiger partial charge in [-0.1, -0.05) is 32.4 Å². The van der Waals surface area contributed by atoms with Gasteiger partial charge >= 0.3 is 0 Å². The number of aromatic nitrogens is 2. The van der Waals surface area contributed by atoms with Crippen molar-refractivity contribution in [1.29, 1.82) is 0 Å². The van der Waals surface area contributed by atoms with Gasteiger partial charge in [-0.25, -0.2) is 4.98 Å². The Hall–Kier alpha value is -3.26. The highest BCUT2D eigenvalue weighted by Crippen LogP contribution is 2.25. The number of carbonyl (C=O) groups is 1. The molecule has 0 saturated carbocycles. The first-order valence-electron chi connectivity index (χ1n) is 11.7. The highest BCUT2D eigenvalue weighted by Gasteiger charge is 2.21. The number of anilines is 1. The van der Waals surface area contributed by atoms with Gasteiger partial charge in [0.15, 0.2) is 0 Å². The van der Waals surface area contributed by atoms with Crippen molar-refractivity contribution in [3.63, 3.8) is 0 Å². The zero-order valence-electron chi connectivity index (χ0n) is 19.3. The second-order valence-electron chi connectivity index (χ2n) is 8.92. The van der Waals surface area contributed by atoms with Crippen LogP contribution in [0.2, 0.25) is 0 Å². The van der Waals surface area contributed by atoms with Gasteiger partial charge in [0.2, 0.25) is 0 Å². The van der Waals surface area contributed by atoms with Crippen LogP contribution in [0.15, 0.2) is 42.5 Å². The fourth-order valence-corrected chi connectivity index (χ4v) is 4.39. The van der Waals surface area contributed by atoms with Crippen molar-refractivity contribution in [3.05, 3.63) is 64.0 Å². The molecule has 0 atom stereocenters. The minimum absolute atomic E-state index is 0.0380. The van der Waals surface area contributed by atoms with E-state index in [0.29, 0.717) is 5.69 Å². The molecule has 0 unspecified atom stereocenters. The molecule has 2 aromatic carbocycles. The largest absolute Gasteiger partial charge is 0.327 e. The summed E-state index contributed by atoms with van der Waals surface area (Å²) in [5.41, 5.74) is 2.28. The van der Waals surface area contributed by atoms with E-state index in [2.05, 4.69) is 28.6 Å². The summed E-state index contributed by atoms with van der Waals surface area (Å²) in [5.74, 6) is 1.33. The predicted molar refractivity (Wildman–Crippen MR) is 129 cm³/mol. The van der Waals surface area contributed by atoms with E-state index in [1.807, 2.05) is 18.2 Å². The number of nitro benzene ring substituents is 1.